The van der Waals surface area contributed by atoms with Crippen molar-refractivity contribution in [2.24, 2.45) is 0 Å². The molecule has 2 aromatic rings. The van der Waals surface area contributed by atoms with Gasteiger partial charge in [-0.3, -0.25) is 9.69 Å². The molecule has 1 fully saturated rings. The van der Waals surface area contributed by atoms with Crippen molar-refractivity contribution in [1.82, 2.24) is 4.90 Å². The first-order chi connectivity index (χ1) is 15.5. The molecular formula is C29H39NO2. The van der Waals surface area contributed by atoms with Crippen LogP contribution in [0.5, 0.6) is 0 Å². The zero-order valence-electron chi connectivity index (χ0n) is 20.4. The Bertz CT molecular complexity index is 947. The van der Waals surface area contributed by atoms with E-state index in [-0.39, 0.29) is 11.2 Å². The van der Waals surface area contributed by atoms with E-state index in [1.165, 1.54) is 47.9 Å². The van der Waals surface area contributed by atoms with Crippen LogP contribution in [0.2, 0.25) is 0 Å². The number of benzene rings is 2. The lowest BCUT2D eigenvalue weighted by molar-refractivity contribution is -0.00430. The van der Waals surface area contributed by atoms with E-state index >= 15 is 0 Å². The maximum Gasteiger partial charge on any atom is 0.182 e. The summed E-state index contributed by atoms with van der Waals surface area (Å²) >= 11 is 0. The van der Waals surface area contributed by atoms with Crippen molar-refractivity contribution in [1.29, 1.82) is 0 Å². The highest BCUT2D eigenvalue weighted by atomic mass is 16.5. The normalized spacial score (nSPS) is 17.8. The number of fused-ring (bicyclic) bond motifs is 3. The molecule has 0 unspecified atom stereocenters. The van der Waals surface area contributed by atoms with Gasteiger partial charge in [-0.15, -0.1) is 0 Å². The minimum atomic E-state index is -0.529. The average Bonchev–Trinajstić information content (AvgIpc) is 3.11. The Morgan fingerprint density at radius 3 is 2.22 bits per heavy atom. The van der Waals surface area contributed by atoms with Crippen LogP contribution in [-0.2, 0) is 10.2 Å². The molecule has 2 aliphatic rings. The van der Waals surface area contributed by atoms with Gasteiger partial charge in [0, 0.05) is 24.1 Å². The van der Waals surface area contributed by atoms with Gasteiger partial charge < -0.3 is 4.74 Å². The van der Waals surface area contributed by atoms with Crippen LogP contribution in [0.1, 0.15) is 87.7 Å². The predicted octanol–water partition coefficient (Wildman–Crippen LogP) is 6.63. The highest BCUT2D eigenvalue weighted by Crippen LogP contribution is 2.54. The maximum atomic E-state index is 13.8. The number of carbonyl (C=O) groups excluding carboxylic acids is 1. The fraction of sp³-hybridized carbons (Fsp3) is 0.552. The second kappa shape index (κ2) is 9.49. The van der Waals surface area contributed by atoms with Crippen LogP contribution in [0.15, 0.2) is 42.5 Å². The zero-order chi connectivity index (χ0) is 22.8. The number of ether oxygens (including phenoxy) is 1. The van der Waals surface area contributed by atoms with E-state index in [2.05, 4.69) is 75.1 Å². The van der Waals surface area contributed by atoms with Crippen LogP contribution in [-0.4, -0.2) is 42.5 Å². The topological polar surface area (TPSA) is 29.5 Å². The largest absolute Gasteiger partial charge is 0.379 e. The van der Waals surface area contributed by atoms with Gasteiger partial charge in [-0.25, -0.2) is 0 Å². The Labute approximate surface area is 194 Å². The average molecular weight is 434 g/mol. The predicted molar refractivity (Wildman–Crippen MR) is 133 cm³/mol. The standard InChI is InChI=1S/C29H39NO2/c1-5-7-15-29(16-8-6-2)25-12-10-9-11-23(25)24-14-13-22(21-26(24)29)27(31)28(3,4)30-17-19-32-20-18-30/h9-14,21H,5-8,15-20H2,1-4H3. The Kier molecular flexibility index (Phi) is 6.88. The Morgan fingerprint density at radius 2 is 1.56 bits per heavy atom. The number of hydrogen-bond acceptors (Lipinski definition) is 3. The quantitative estimate of drug-likeness (QED) is 0.416. The van der Waals surface area contributed by atoms with Gasteiger partial charge in [0.05, 0.1) is 18.8 Å². The number of ketones is 1. The third-order valence-corrected chi connectivity index (χ3v) is 7.80. The van der Waals surface area contributed by atoms with E-state index in [1.807, 2.05) is 0 Å². The molecule has 4 rings (SSSR count). The van der Waals surface area contributed by atoms with Gasteiger partial charge >= 0.3 is 0 Å². The minimum absolute atomic E-state index is 0.0251. The smallest absolute Gasteiger partial charge is 0.182 e. The van der Waals surface area contributed by atoms with E-state index in [0.717, 1.165) is 31.5 Å². The fourth-order valence-corrected chi connectivity index (χ4v) is 5.84. The SMILES string of the molecule is CCCCC1(CCCC)c2ccccc2-c2ccc(C(=O)C(C)(C)N3CCOCC3)cc21. The summed E-state index contributed by atoms with van der Waals surface area (Å²) < 4.78 is 5.53. The second-order valence-electron chi connectivity index (χ2n) is 10.1. The molecule has 0 N–H and O–H groups in total. The van der Waals surface area contributed by atoms with E-state index in [1.54, 1.807) is 0 Å². The van der Waals surface area contributed by atoms with Gasteiger partial charge in [0.15, 0.2) is 5.78 Å². The molecule has 0 radical (unpaired) electrons. The van der Waals surface area contributed by atoms with E-state index in [4.69, 9.17) is 4.74 Å². The van der Waals surface area contributed by atoms with Crippen molar-refractivity contribution in [2.45, 2.75) is 77.2 Å². The third-order valence-electron chi connectivity index (χ3n) is 7.80. The van der Waals surface area contributed by atoms with Crippen LogP contribution in [0, 0.1) is 0 Å². The van der Waals surface area contributed by atoms with Crippen LogP contribution in [0.3, 0.4) is 0 Å². The molecule has 0 aromatic heterocycles. The van der Waals surface area contributed by atoms with Gasteiger partial charge in [0.2, 0.25) is 0 Å². The summed E-state index contributed by atoms with van der Waals surface area (Å²) in [5, 5.41) is 0. The van der Waals surface area contributed by atoms with Crippen LogP contribution >= 0.6 is 0 Å². The fourth-order valence-electron chi connectivity index (χ4n) is 5.84. The second-order valence-corrected chi connectivity index (χ2v) is 10.1. The highest BCUT2D eigenvalue weighted by Gasteiger charge is 2.43. The molecule has 0 amide bonds. The summed E-state index contributed by atoms with van der Waals surface area (Å²) in [5.41, 5.74) is 5.88. The summed E-state index contributed by atoms with van der Waals surface area (Å²) in [7, 11) is 0. The Hall–Kier alpha value is -1.97. The summed E-state index contributed by atoms with van der Waals surface area (Å²) in [6.07, 6.45) is 7.09. The first kappa shape index (κ1) is 23.2. The van der Waals surface area contributed by atoms with E-state index in [9.17, 15) is 4.79 Å². The molecule has 1 aliphatic carbocycles. The minimum Gasteiger partial charge on any atom is -0.379 e. The zero-order valence-corrected chi connectivity index (χ0v) is 20.4. The number of nitrogens with zero attached hydrogens (tertiary/aromatic N) is 1. The Morgan fingerprint density at radius 1 is 0.938 bits per heavy atom. The van der Waals surface area contributed by atoms with Crippen LogP contribution in [0.25, 0.3) is 11.1 Å². The molecule has 1 aliphatic heterocycles. The molecule has 2 aromatic carbocycles. The number of morpholine rings is 1. The van der Waals surface area contributed by atoms with Crippen molar-refractivity contribution in [3.8, 4) is 11.1 Å². The molecule has 0 spiro atoms. The molecule has 0 saturated carbocycles. The molecule has 0 bridgehead atoms. The van der Waals surface area contributed by atoms with Crippen LogP contribution < -0.4 is 0 Å². The monoisotopic (exact) mass is 433 g/mol. The van der Waals surface area contributed by atoms with Crippen molar-refractivity contribution < 1.29 is 9.53 Å². The van der Waals surface area contributed by atoms with Gasteiger partial charge in [0.25, 0.3) is 0 Å². The third kappa shape index (κ3) is 3.95. The van der Waals surface area contributed by atoms with Crippen molar-refractivity contribution in [3.63, 3.8) is 0 Å². The lowest BCUT2D eigenvalue weighted by Crippen LogP contribution is -2.54. The summed E-state index contributed by atoms with van der Waals surface area (Å²) in [6, 6.07) is 15.5. The summed E-state index contributed by atoms with van der Waals surface area (Å²) in [6.45, 7) is 11.7. The van der Waals surface area contributed by atoms with Crippen molar-refractivity contribution in [2.75, 3.05) is 26.3 Å². The summed E-state index contributed by atoms with van der Waals surface area (Å²) in [5.74, 6) is 0.220. The number of Topliss-reactive ketones (excluding diaryl/α,β-unsaturated/α-hetero) is 1. The molecule has 32 heavy (non-hydrogen) atoms. The number of unbranched alkanes of at least 4 members (excludes halogenated alkanes) is 2. The first-order valence-corrected chi connectivity index (χ1v) is 12.6. The lowest BCUT2D eigenvalue weighted by Gasteiger charge is -2.39. The Balaban J connectivity index is 1.78. The molecule has 3 heteroatoms. The molecule has 1 heterocycles. The van der Waals surface area contributed by atoms with E-state index < -0.39 is 5.54 Å². The number of rotatable bonds is 9. The first-order valence-electron chi connectivity index (χ1n) is 12.6. The van der Waals surface area contributed by atoms with E-state index in [0.29, 0.717) is 13.2 Å². The van der Waals surface area contributed by atoms with Crippen molar-refractivity contribution in [3.05, 3.63) is 59.2 Å². The van der Waals surface area contributed by atoms with Gasteiger partial charge in [0.1, 0.15) is 0 Å². The molecular weight excluding hydrogens is 394 g/mol. The molecule has 3 nitrogen and oxygen atoms in total. The van der Waals surface area contributed by atoms with Crippen LogP contribution in [0.4, 0.5) is 0 Å². The maximum absolute atomic E-state index is 13.8. The van der Waals surface area contributed by atoms with Gasteiger partial charge in [-0.05, 0) is 55.0 Å². The highest BCUT2D eigenvalue weighted by molar-refractivity contribution is 6.03. The molecule has 0 atom stereocenters. The van der Waals surface area contributed by atoms with Gasteiger partial charge in [-0.1, -0.05) is 75.9 Å². The number of carbonyl (C=O) groups is 1. The molecule has 1 saturated heterocycles. The number of hydrogen-bond donors (Lipinski definition) is 0. The van der Waals surface area contributed by atoms with Gasteiger partial charge in [-0.2, -0.15) is 0 Å². The van der Waals surface area contributed by atoms with Crippen molar-refractivity contribution >= 4 is 5.78 Å². The molecule has 172 valence electrons. The summed E-state index contributed by atoms with van der Waals surface area (Å²) in [4.78, 5) is 16.1. The lowest BCUT2D eigenvalue weighted by atomic mass is 9.70.